The fourth-order valence-corrected chi connectivity index (χ4v) is 3.90. The van der Waals surface area contributed by atoms with Crippen molar-refractivity contribution in [2.24, 2.45) is 11.1 Å². The number of nitrogens with zero attached hydrogens (tertiary/aromatic N) is 1. The van der Waals surface area contributed by atoms with Gasteiger partial charge in [0.15, 0.2) is 0 Å². The maximum Gasteiger partial charge on any atom is 0.223 e. The molecule has 0 aromatic rings. The molecule has 0 radical (unpaired) electrons. The van der Waals surface area contributed by atoms with Gasteiger partial charge in [-0.05, 0) is 12.8 Å². The Hall–Kier alpha value is -0.660. The molecule has 1 amide bonds. The summed E-state index contributed by atoms with van der Waals surface area (Å²) in [7, 11) is -3.54. The van der Waals surface area contributed by atoms with Gasteiger partial charge in [0.05, 0.1) is 17.9 Å². The van der Waals surface area contributed by atoms with Crippen LogP contribution in [0, 0.1) is 5.92 Å². The highest BCUT2D eigenvalue weighted by Gasteiger charge is 2.39. The number of sulfonamides is 1. The Kier molecular flexibility index (Phi) is 3.93. The number of nitrogens with two attached hydrogens (primary N) is 1. The highest BCUT2D eigenvalue weighted by Crippen LogP contribution is 2.29. The van der Waals surface area contributed by atoms with Crippen molar-refractivity contribution in [3.05, 3.63) is 0 Å². The second kappa shape index (κ2) is 5.14. The average Bonchev–Trinajstić information content (AvgIpc) is 2.57. The molecule has 1 unspecified atom stereocenters. The topological polar surface area (TPSA) is 101 Å². The molecule has 3 N–H and O–H groups in total. The Morgan fingerprint density at radius 3 is 2.61 bits per heavy atom. The maximum absolute atomic E-state index is 11.9. The molecule has 6 nitrogen and oxygen atoms in total. The Morgan fingerprint density at radius 2 is 2.00 bits per heavy atom. The maximum atomic E-state index is 11.9. The predicted molar refractivity (Wildman–Crippen MR) is 66.1 cm³/mol. The minimum atomic E-state index is -3.54. The van der Waals surface area contributed by atoms with Crippen LogP contribution in [-0.4, -0.2) is 48.8 Å². The molecule has 1 aliphatic carbocycles. The molecular formula is C11H20N2O4S. The minimum absolute atomic E-state index is 0.0606. The molecule has 2 aliphatic rings. The van der Waals surface area contributed by atoms with Crippen molar-refractivity contribution >= 4 is 15.9 Å². The van der Waals surface area contributed by atoms with Crippen molar-refractivity contribution < 1.29 is 18.3 Å². The van der Waals surface area contributed by atoms with Crippen LogP contribution >= 0.6 is 0 Å². The van der Waals surface area contributed by atoms with Gasteiger partial charge >= 0.3 is 0 Å². The predicted octanol–water partition coefficient (Wildman–Crippen LogP) is -0.573. The van der Waals surface area contributed by atoms with Crippen LogP contribution in [0.5, 0.6) is 0 Å². The van der Waals surface area contributed by atoms with Crippen LogP contribution in [0.15, 0.2) is 0 Å². The second-order valence-electron chi connectivity index (χ2n) is 5.36. The van der Waals surface area contributed by atoms with Crippen molar-refractivity contribution in [1.82, 2.24) is 4.90 Å². The molecule has 0 aromatic carbocycles. The molecule has 0 spiro atoms. The van der Waals surface area contributed by atoms with Crippen LogP contribution in [0.4, 0.5) is 0 Å². The summed E-state index contributed by atoms with van der Waals surface area (Å²) in [5.41, 5.74) is 0. The summed E-state index contributed by atoms with van der Waals surface area (Å²) in [5.74, 6) is -0.450. The first-order chi connectivity index (χ1) is 8.37. The molecule has 0 aromatic heterocycles. The first kappa shape index (κ1) is 13.8. The van der Waals surface area contributed by atoms with E-state index in [-0.39, 0.29) is 30.0 Å². The Balaban J connectivity index is 2.00. The van der Waals surface area contributed by atoms with E-state index in [9.17, 15) is 18.3 Å². The fraction of sp³-hybridized carbons (Fsp3) is 0.909. The molecule has 18 heavy (non-hydrogen) atoms. The molecule has 104 valence electrons. The molecular weight excluding hydrogens is 256 g/mol. The average molecular weight is 276 g/mol. The molecule has 1 saturated heterocycles. The van der Waals surface area contributed by atoms with Gasteiger partial charge in [0.1, 0.15) is 0 Å². The monoisotopic (exact) mass is 276 g/mol. The summed E-state index contributed by atoms with van der Waals surface area (Å²) in [4.78, 5) is 13.5. The number of carbonyl (C=O) groups excluding carboxylic acids is 1. The van der Waals surface area contributed by atoms with Gasteiger partial charge in [0.25, 0.3) is 0 Å². The van der Waals surface area contributed by atoms with Crippen LogP contribution in [0.25, 0.3) is 0 Å². The van der Waals surface area contributed by atoms with E-state index in [0.717, 1.165) is 19.3 Å². The van der Waals surface area contributed by atoms with Crippen LogP contribution in [0.3, 0.4) is 0 Å². The quantitative estimate of drug-likeness (QED) is 0.720. The number of rotatable bonds is 3. The number of amides is 1. The van der Waals surface area contributed by atoms with E-state index in [1.165, 1.54) is 0 Å². The fourth-order valence-electron chi connectivity index (χ4n) is 3.02. The van der Waals surface area contributed by atoms with Crippen LogP contribution in [-0.2, 0) is 14.8 Å². The van der Waals surface area contributed by atoms with E-state index in [1.54, 1.807) is 4.90 Å². The minimum Gasteiger partial charge on any atom is -0.391 e. The zero-order valence-corrected chi connectivity index (χ0v) is 11.1. The molecule has 1 aliphatic heterocycles. The number of aliphatic hydroxyl groups is 1. The van der Waals surface area contributed by atoms with Crippen LogP contribution < -0.4 is 5.14 Å². The van der Waals surface area contributed by atoms with Gasteiger partial charge in [0, 0.05) is 18.9 Å². The van der Waals surface area contributed by atoms with Gasteiger partial charge in [0.2, 0.25) is 15.9 Å². The smallest absolute Gasteiger partial charge is 0.223 e. The number of carbonyl (C=O) groups is 1. The SMILES string of the molecule is NS(=O)(=O)CC1CC(=O)N([C@H]2CCCC[C@@H]2O)C1. The van der Waals surface area contributed by atoms with Crippen LogP contribution in [0.2, 0.25) is 0 Å². The summed E-state index contributed by atoms with van der Waals surface area (Å²) in [6, 6.07) is -0.142. The molecule has 1 heterocycles. The largest absolute Gasteiger partial charge is 0.391 e. The Labute approximate surface area is 107 Å². The van der Waals surface area contributed by atoms with E-state index in [4.69, 9.17) is 5.14 Å². The van der Waals surface area contributed by atoms with Gasteiger partial charge in [-0.3, -0.25) is 4.79 Å². The lowest BCUT2D eigenvalue weighted by Gasteiger charge is -2.35. The number of hydrogen-bond donors (Lipinski definition) is 2. The number of aliphatic hydroxyl groups excluding tert-OH is 1. The van der Waals surface area contributed by atoms with E-state index in [1.807, 2.05) is 0 Å². The molecule has 2 fully saturated rings. The summed E-state index contributed by atoms with van der Waals surface area (Å²) in [6.45, 7) is 0.400. The van der Waals surface area contributed by atoms with Gasteiger partial charge < -0.3 is 10.0 Å². The van der Waals surface area contributed by atoms with E-state index in [0.29, 0.717) is 13.0 Å². The van der Waals surface area contributed by atoms with Crippen molar-refractivity contribution in [1.29, 1.82) is 0 Å². The summed E-state index contributed by atoms with van der Waals surface area (Å²) in [5, 5.41) is 14.9. The van der Waals surface area contributed by atoms with Crippen molar-refractivity contribution in [2.75, 3.05) is 12.3 Å². The van der Waals surface area contributed by atoms with E-state index < -0.39 is 16.1 Å². The normalized spacial score (nSPS) is 34.0. The third kappa shape index (κ3) is 3.21. The Bertz CT molecular complexity index is 423. The molecule has 3 atom stereocenters. The van der Waals surface area contributed by atoms with E-state index in [2.05, 4.69) is 0 Å². The number of likely N-dealkylation sites (tertiary alicyclic amines) is 1. The zero-order chi connectivity index (χ0) is 13.3. The standard InChI is InChI=1S/C11H20N2O4S/c12-18(16,17)7-8-5-11(15)13(6-8)9-3-1-2-4-10(9)14/h8-10,14H,1-7H2,(H2,12,16,17)/t8?,9-,10-/m0/s1. The van der Waals surface area contributed by atoms with Gasteiger partial charge in [-0.1, -0.05) is 12.8 Å². The van der Waals surface area contributed by atoms with Crippen molar-refractivity contribution in [2.45, 2.75) is 44.2 Å². The first-order valence-electron chi connectivity index (χ1n) is 6.35. The van der Waals surface area contributed by atoms with E-state index >= 15 is 0 Å². The van der Waals surface area contributed by atoms with Gasteiger partial charge in [-0.15, -0.1) is 0 Å². The van der Waals surface area contributed by atoms with Gasteiger partial charge in [-0.2, -0.15) is 0 Å². The molecule has 2 rings (SSSR count). The number of hydrogen-bond acceptors (Lipinski definition) is 4. The molecule has 0 bridgehead atoms. The summed E-state index contributed by atoms with van der Waals surface area (Å²) in [6.07, 6.45) is 3.25. The highest BCUT2D eigenvalue weighted by atomic mass is 32.2. The second-order valence-corrected chi connectivity index (χ2v) is 7.02. The lowest BCUT2D eigenvalue weighted by atomic mass is 9.91. The first-order valence-corrected chi connectivity index (χ1v) is 8.06. The third-order valence-corrected chi connectivity index (χ3v) is 4.74. The highest BCUT2D eigenvalue weighted by molar-refractivity contribution is 7.89. The summed E-state index contributed by atoms with van der Waals surface area (Å²) >= 11 is 0. The molecule has 7 heteroatoms. The van der Waals surface area contributed by atoms with Crippen LogP contribution in [0.1, 0.15) is 32.1 Å². The zero-order valence-electron chi connectivity index (χ0n) is 10.3. The number of primary sulfonamides is 1. The van der Waals surface area contributed by atoms with Gasteiger partial charge in [-0.25, -0.2) is 13.6 Å². The van der Waals surface area contributed by atoms with Crippen molar-refractivity contribution in [3.8, 4) is 0 Å². The summed E-state index contributed by atoms with van der Waals surface area (Å²) < 4.78 is 22.1. The third-order valence-electron chi connectivity index (χ3n) is 3.80. The lowest BCUT2D eigenvalue weighted by Crippen LogP contribution is -2.46. The molecule has 1 saturated carbocycles. The van der Waals surface area contributed by atoms with Crippen molar-refractivity contribution in [3.63, 3.8) is 0 Å². The Morgan fingerprint density at radius 1 is 1.33 bits per heavy atom. The lowest BCUT2D eigenvalue weighted by molar-refractivity contribution is -0.133.